The highest BCUT2D eigenvalue weighted by Crippen LogP contribution is 2.30. The predicted molar refractivity (Wildman–Crippen MR) is 68.4 cm³/mol. The Balaban J connectivity index is 2.06. The second-order valence-electron chi connectivity index (χ2n) is 4.66. The Morgan fingerprint density at radius 1 is 1.18 bits per heavy atom. The number of aromatic hydroxyl groups is 1. The summed E-state index contributed by atoms with van der Waals surface area (Å²) >= 11 is 0. The molecule has 2 rings (SSSR count). The number of hydrogen-bond acceptors (Lipinski definition) is 3. The van der Waals surface area contributed by atoms with Gasteiger partial charge in [-0.3, -0.25) is 4.90 Å². The molecular formula is C14H21NO2. The Kier molecular flexibility index (Phi) is 4.26. The lowest BCUT2D eigenvalue weighted by Gasteiger charge is -2.20. The molecule has 0 amide bonds. The zero-order valence-corrected chi connectivity index (χ0v) is 10.5. The van der Waals surface area contributed by atoms with Crippen LogP contribution in [0.1, 0.15) is 31.2 Å². The third kappa shape index (κ3) is 3.13. The molecule has 0 spiro atoms. The maximum absolute atomic E-state index is 10.0. The molecule has 1 aliphatic rings. The molecule has 17 heavy (non-hydrogen) atoms. The molecule has 94 valence electrons. The fourth-order valence-corrected chi connectivity index (χ4v) is 2.40. The van der Waals surface area contributed by atoms with E-state index in [2.05, 4.69) is 4.90 Å². The summed E-state index contributed by atoms with van der Waals surface area (Å²) in [4.78, 5) is 2.42. The quantitative estimate of drug-likeness (QED) is 0.874. The molecule has 1 N–H and O–H groups in total. The summed E-state index contributed by atoms with van der Waals surface area (Å²) in [7, 11) is 1.59. The zero-order valence-electron chi connectivity index (χ0n) is 10.5. The molecule has 1 aromatic carbocycles. The van der Waals surface area contributed by atoms with Gasteiger partial charge in [-0.1, -0.05) is 25.0 Å². The minimum absolute atomic E-state index is 0.291. The first-order valence-corrected chi connectivity index (χ1v) is 6.38. The van der Waals surface area contributed by atoms with E-state index in [9.17, 15) is 5.11 Å². The molecule has 0 atom stereocenters. The molecule has 0 unspecified atom stereocenters. The van der Waals surface area contributed by atoms with E-state index < -0.39 is 0 Å². The van der Waals surface area contributed by atoms with Crippen molar-refractivity contribution >= 4 is 0 Å². The third-order valence-electron chi connectivity index (χ3n) is 3.40. The topological polar surface area (TPSA) is 32.7 Å². The third-order valence-corrected chi connectivity index (χ3v) is 3.40. The van der Waals surface area contributed by atoms with Gasteiger partial charge in [0.2, 0.25) is 0 Å². The average Bonchev–Trinajstić information content (AvgIpc) is 2.60. The Hall–Kier alpha value is -1.22. The molecule has 3 nitrogen and oxygen atoms in total. The number of phenols is 1. The van der Waals surface area contributed by atoms with Crippen LogP contribution in [-0.4, -0.2) is 30.2 Å². The Morgan fingerprint density at radius 2 is 1.88 bits per heavy atom. The minimum atomic E-state index is 0.291. The number of hydrogen-bond donors (Lipinski definition) is 1. The number of nitrogens with zero attached hydrogens (tertiary/aromatic N) is 1. The molecule has 3 heteroatoms. The van der Waals surface area contributed by atoms with Gasteiger partial charge in [0, 0.05) is 12.1 Å². The Labute approximate surface area is 103 Å². The minimum Gasteiger partial charge on any atom is -0.504 e. The average molecular weight is 235 g/mol. The summed E-state index contributed by atoms with van der Waals surface area (Å²) in [6.45, 7) is 3.09. The number of ether oxygens (including phenoxy) is 1. The standard InChI is InChI=1S/C14H21NO2/c1-17-13-8-6-7-12(14(13)16)11-15-9-4-2-3-5-10-15/h6-8,16H,2-5,9-11H2,1H3. The first kappa shape index (κ1) is 12.2. The molecular weight excluding hydrogens is 214 g/mol. The van der Waals surface area contributed by atoms with Gasteiger partial charge >= 0.3 is 0 Å². The lowest BCUT2D eigenvalue weighted by Crippen LogP contribution is -2.24. The Morgan fingerprint density at radius 3 is 2.53 bits per heavy atom. The highest BCUT2D eigenvalue weighted by molar-refractivity contribution is 5.45. The SMILES string of the molecule is COc1cccc(CN2CCCCCC2)c1O. The fraction of sp³-hybridized carbons (Fsp3) is 0.571. The van der Waals surface area contributed by atoms with E-state index in [0.29, 0.717) is 11.5 Å². The lowest BCUT2D eigenvalue weighted by atomic mass is 10.1. The molecule has 1 aliphatic heterocycles. The molecule has 0 aromatic heterocycles. The van der Waals surface area contributed by atoms with Gasteiger partial charge in [0.15, 0.2) is 11.5 Å². The van der Waals surface area contributed by atoms with Crippen molar-refractivity contribution in [2.45, 2.75) is 32.2 Å². The van der Waals surface area contributed by atoms with Crippen molar-refractivity contribution in [2.75, 3.05) is 20.2 Å². The molecule has 1 aromatic rings. The van der Waals surface area contributed by atoms with E-state index in [1.165, 1.54) is 25.7 Å². The summed E-state index contributed by atoms with van der Waals surface area (Å²) < 4.78 is 5.13. The predicted octanol–water partition coefficient (Wildman–Crippen LogP) is 2.78. The van der Waals surface area contributed by atoms with Crippen molar-refractivity contribution in [1.29, 1.82) is 0 Å². The highest BCUT2D eigenvalue weighted by Gasteiger charge is 2.13. The van der Waals surface area contributed by atoms with Crippen LogP contribution in [0.2, 0.25) is 0 Å². The first-order chi connectivity index (χ1) is 8.31. The van der Waals surface area contributed by atoms with Crippen molar-refractivity contribution in [3.8, 4) is 11.5 Å². The molecule has 1 heterocycles. The molecule has 1 saturated heterocycles. The fourth-order valence-electron chi connectivity index (χ4n) is 2.40. The molecule has 0 bridgehead atoms. The van der Waals surface area contributed by atoms with Gasteiger partial charge in [0.05, 0.1) is 7.11 Å². The second kappa shape index (κ2) is 5.92. The van der Waals surface area contributed by atoms with Crippen LogP contribution in [0, 0.1) is 0 Å². The maximum atomic E-state index is 10.0. The van der Waals surface area contributed by atoms with Gasteiger partial charge in [-0.2, -0.15) is 0 Å². The maximum Gasteiger partial charge on any atom is 0.162 e. The van der Waals surface area contributed by atoms with Gasteiger partial charge in [0.25, 0.3) is 0 Å². The Bertz CT molecular complexity index is 357. The smallest absolute Gasteiger partial charge is 0.162 e. The van der Waals surface area contributed by atoms with Gasteiger partial charge < -0.3 is 9.84 Å². The van der Waals surface area contributed by atoms with Crippen molar-refractivity contribution in [1.82, 2.24) is 4.90 Å². The van der Waals surface area contributed by atoms with E-state index in [-0.39, 0.29) is 0 Å². The van der Waals surface area contributed by atoms with Crippen LogP contribution >= 0.6 is 0 Å². The number of phenolic OH excluding ortho intramolecular Hbond substituents is 1. The van der Waals surface area contributed by atoms with E-state index in [1.54, 1.807) is 13.2 Å². The number of likely N-dealkylation sites (tertiary alicyclic amines) is 1. The second-order valence-corrected chi connectivity index (χ2v) is 4.66. The van der Waals surface area contributed by atoms with E-state index in [4.69, 9.17) is 4.74 Å². The lowest BCUT2D eigenvalue weighted by molar-refractivity contribution is 0.271. The summed E-state index contributed by atoms with van der Waals surface area (Å²) in [6.07, 6.45) is 5.21. The van der Waals surface area contributed by atoms with E-state index in [0.717, 1.165) is 25.2 Å². The summed E-state index contributed by atoms with van der Waals surface area (Å²) in [5, 5.41) is 10.0. The van der Waals surface area contributed by atoms with Crippen LogP contribution in [0.15, 0.2) is 18.2 Å². The van der Waals surface area contributed by atoms with Crippen molar-refractivity contribution in [2.24, 2.45) is 0 Å². The molecule has 0 aliphatic carbocycles. The molecule has 0 saturated carbocycles. The van der Waals surface area contributed by atoms with Gasteiger partial charge in [0.1, 0.15) is 0 Å². The summed E-state index contributed by atoms with van der Waals surface area (Å²) in [5.74, 6) is 0.858. The number of benzene rings is 1. The summed E-state index contributed by atoms with van der Waals surface area (Å²) in [5.41, 5.74) is 0.964. The number of para-hydroxylation sites is 1. The van der Waals surface area contributed by atoms with Crippen molar-refractivity contribution in [3.05, 3.63) is 23.8 Å². The van der Waals surface area contributed by atoms with Crippen LogP contribution in [-0.2, 0) is 6.54 Å². The number of methoxy groups -OCH3 is 1. The monoisotopic (exact) mass is 235 g/mol. The normalized spacial score (nSPS) is 17.7. The largest absolute Gasteiger partial charge is 0.504 e. The van der Waals surface area contributed by atoms with Crippen LogP contribution in [0.5, 0.6) is 11.5 Å². The van der Waals surface area contributed by atoms with Gasteiger partial charge in [-0.05, 0) is 32.0 Å². The molecule has 0 radical (unpaired) electrons. The number of rotatable bonds is 3. The van der Waals surface area contributed by atoms with E-state index >= 15 is 0 Å². The van der Waals surface area contributed by atoms with Crippen LogP contribution < -0.4 is 4.74 Å². The summed E-state index contributed by atoms with van der Waals surface area (Å²) in [6, 6.07) is 5.70. The van der Waals surface area contributed by atoms with Crippen molar-refractivity contribution in [3.63, 3.8) is 0 Å². The van der Waals surface area contributed by atoms with Gasteiger partial charge in [-0.15, -0.1) is 0 Å². The van der Waals surface area contributed by atoms with Gasteiger partial charge in [-0.25, -0.2) is 0 Å². The van der Waals surface area contributed by atoms with Crippen molar-refractivity contribution < 1.29 is 9.84 Å². The highest BCUT2D eigenvalue weighted by atomic mass is 16.5. The van der Waals surface area contributed by atoms with Crippen LogP contribution in [0.4, 0.5) is 0 Å². The molecule has 1 fully saturated rings. The van der Waals surface area contributed by atoms with Crippen LogP contribution in [0.3, 0.4) is 0 Å². The zero-order chi connectivity index (χ0) is 12.1. The first-order valence-electron chi connectivity index (χ1n) is 6.38. The van der Waals surface area contributed by atoms with E-state index in [1.807, 2.05) is 12.1 Å². The van der Waals surface area contributed by atoms with Crippen LogP contribution in [0.25, 0.3) is 0 Å².